The second kappa shape index (κ2) is 7.21. The lowest BCUT2D eigenvalue weighted by molar-refractivity contribution is -0.137. The van der Waals surface area contributed by atoms with Gasteiger partial charge in [-0.1, -0.05) is 6.07 Å². The van der Waals surface area contributed by atoms with Crippen molar-refractivity contribution in [2.24, 2.45) is 5.92 Å². The topological polar surface area (TPSA) is 67.2 Å². The third-order valence-corrected chi connectivity index (χ3v) is 5.26. The Balaban J connectivity index is 1.41. The van der Waals surface area contributed by atoms with Gasteiger partial charge in [-0.15, -0.1) is 0 Å². The summed E-state index contributed by atoms with van der Waals surface area (Å²) < 4.78 is 1.89. The maximum absolute atomic E-state index is 13.1. The van der Waals surface area contributed by atoms with Crippen LogP contribution in [0.25, 0.3) is 0 Å². The first-order valence-corrected chi connectivity index (χ1v) is 9.10. The van der Waals surface area contributed by atoms with E-state index in [1.54, 1.807) is 12.7 Å². The molecule has 0 radical (unpaired) electrons. The van der Waals surface area contributed by atoms with E-state index >= 15 is 0 Å². The fourth-order valence-electron chi connectivity index (χ4n) is 3.96. The second-order valence-electron chi connectivity index (χ2n) is 6.93. The van der Waals surface area contributed by atoms with Crippen LogP contribution >= 0.6 is 0 Å². The third kappa shape index (κ3) is 3.50. The van der Waals surface area contributed by atoms with Crippen LogP contribution in [0.5, 0.6) is 0 Å². The Labute approximate surface area is 147 Å². The number of carbonyl (C=O) groups is 1. The molecule has 7 nitrogen and oxygen atoms in total. The molecule has 132 valence electrons. The average molecular weight is 340 g/mol. The Morgan fingerprint density at radius 1 is 1.12 bits per heavy atom. The Kier molecular flexibility index (Phi) is 4.63. The molecule has 0 aliphatic carbocycles. The van der Waals surface area contributed by atoms with Crippen LogP contribution in [0.2, 0.25) is 0 Å². The Bertz CT molecular complexity index is 689. The van der Waals surface area contributed by atoms with Crippen LogP contribution in [0, 0.1) is 5.92 Å². The minimum Gasteiger partial charge on any atom is -0.356 e. The second-order valence-corrected chi connectivity index (χ2v) is 6.93. The van der Waals surface area contributed by atoms with Gasteiger partial charge in [0.25, 0.3) is 0 Å². The minimum atomic E-state index is 0.0604. The summed E-state index contributed by atoms with van der Waals surface area (Å²) in [5, 5.41) is 4.25. The van der Waals surface area contributed by atoms with E-state index in [0.717, 1.165) is 57.7 Å². The molecule has 0 saturated carbocycles. The van der Waals surface area contributed by atoms with Crippen LogP contribution in [0.1, 0.15) is 31.7 Å². The standard InChI is InChI=1S/C18H24N6O/c25-18(23-10-4-6-16(12-23)24-14-19-13-21-24)15-5-3-9-22(11-15)17-7-1-2-8-20-17/h1-2,7-8,13-16H,3-6,9-12H2. The summed E-state index contributed by atoms with van der Waals surface area (Å²) in [5.41, 5.74) is 0. The predicted molar refractivity (Wildman–Crippen MR) is 94.0 cm³/mol. The van der Waals surface area contributed by atoms with E-state index in [9.17, 15) is 4.79 Å². The van der Waals surface area contributed by atoms with Crippen LogP contribution < -0.4 is 4.90 Å². The number of anilines is 1. The van der Waals surface area contributed by atoms with E-state index in [4.69, 9.17) is 0 Å². The molecule has 2 aliphatic rings. The number of nitrogens with zero attached hydrogens (tertiary/aromatic N) is 6. The highest BCUT2D eigenvalue weighted by atomic mass is 16.2. The van der Waals surface area contributed by atoms with Crippen molar-refractivity contribution in [1.29, 1.82) is 0 Å². The quantitative estimate of drug-likeness (QED) is 0.852. The Morgan fingerprint density at radius 2 is 2.04 bits per heavy atom. The first-order chi connectivity index (χ1) is 12.3. The molecule has 2 saturated heterocycles. The minimum absolute atomic E-state index is 0.0604. The fourth-order valence-corrected chi connectivity index (χ4v) is 3.96. The molecule has 2 aromatic heterocycles. The molecule has 2 unspecified atom stereocenters. The molecule has 0 aromatic carbocycles. The summed E-state index contributed by atoms with van der Waals surface area (Å²) in [7, 11) is 0. The summed E-state index contributed by atoms with van der Waals surface area (Å²) in [5.74, 6) is 1.31. The molecule has 4 heterocycles. The van der Waals surface area contributed by atoms with Crippen molar-refractivity contribution in [3.8, 4) is 0 Å². The molecule has 2 aliphatic heterocycles. The Hall–Kier alpha value is -2.44. The van der Waals surface area contributed by atoms with Gasteiger partial charge in [0.05, 0.1) is 12.0 Å². The summed E-state index contributed by atoms with van der Waals surface area (Å²) in [6.07, 6.45) is 9.20. The number of aromatic nitrogens is 4. The lowest BCUT2D eigenvalue weighted by Gasteiger charge is -2.38. The van der Waals surface area contributed by atoms with Gasteiger partial charge >= 0.3 is 0 Å². The highest BCUT2D eigenvalue weighted by molar-refractivity contribution is 5.80. The Morgan fingerprint density at radius 3 is 2.84 bits per heavy atom. The number of hydrogen-bond acceptors (Lipinski definition) is 5. The molecule has 2 fully saturated rings. The van der Waals surface area contributed by atoms with Gasteiger partial charge in [-0.2, -0.15) is 5.10 Å². The van der Waals surface area contributed by atoms with E-state index in [-0.39, 0.29) is 17.9 Å². The van der Waals surface area contributed by atoms with E-state index < -0.39 is 0 Å². The number of pyridine rings is 1. The highest BCUT2D eigenvalue weighted by Crippen LogP contribution is 2.26. The van der Waals surface area contributed by atoms with Gasteiger partial charge in [0.2, 0.25) is 5.91 Å². The van der Waals surface area contributed by atoms with Crippen molar-refractivity contribution in [2.45, 2.75) is 31.7 Å². The molecule has 2 aromatic rings. The summed E-state index contributed by atoms with van der Waals surface area (Å²) in [4.78, 5) is 25.8. The first-order valence-electron chi connectivity index (χ1n) is 9.10. The van der Waals surface area contributed by atoms with Crippen LogP contribution in [0.15, 0.2) is 37.1 Å². The smallest absolute Gasteiger partial charge is 0.227 e. The van der Waals surface area contributed by atoms with Crippen LogP contribution in [-0.4, -0.2) is 56.7 Å². The number of hydrogen-bond donors (Lipinski definition) is 0. The van der Waals surface area contributed by atoms with Gasteiger partial charge in [-0.3, -0.25) is 4.79 Å². The monoisotopic (exact) mass is 340 g/mol. The van der Waals surface area contributed by atoms with Crippen molar-refractivity contribution >= 4 is 11.7 Å². The van der Waals surface area contributed by atoms with Crippen molar-refractivity contribution < 1.29 is 4.79 Å². The van der Waals surface area contributed by atoms with Crippen molar-refractivity contribution in [2.75, 3.05) is 31.1 Å². The lowest BCUT2D eigenvalue weighted by atomic mass is 9.95. The molecule has 7 heteroatoms. The third-order valence-electron chi connectivity index (χ3n) is 5.26. The first kappa shape index (κ1) is 16.1. The maximum atomic E-state index is 13.1. The van der Waals surface area contributed by atoms with Gasteiger partial charge in [-0.25, -0.2) is 14.6 Å². The number of piperidine rings is 2. The summed E-state index contributed by atoms with van der Waals surface area (Å²) in [6.45, 7) is 3.33. The number of rotatable bonds is 3. The van der Waals surface area contributed by atoms with E-state index in [2.05, 4.69) is 20.0 Å². The molecular weight excluding hydrogens is 316 g/mol. The molecule has 2 atom stereocenters. The zero-order chi connectivity index (χ0) is 17.1. The summed E-state index contributed by atoms with van der Waals surface area (Å²) in [6, 6.07) is 6.19. The molecule has 0 bridgehead atoms. The molecule has 25 heavy (non-hydrogen) atoms. The van der Waals surface area contributed by atoms with Crippen molar-refractivity contribution in [3.63, 3.8) is 0 Å². The van der Waals surface area contributed by atoms with Crippen molar-refractivity contribution in [1.82, 2.24) is 24.6 Å². The van der Waals surface area contributed by atoms with E-state index in [1.165, 1.54) is 0 Å². The fraction of sp³-hybridized carbons (Fsp3) is 0.556. The van der Waals surface area contributed by atoms with Crippen LogP contribution in [0.4, 0.5) is 5.82 Å². The largest absolute Gasteiger partial charge is 0.356 e. The number of carbonyl (C=O) groups excluding carboxylic acids is 1. The maximum Gasteiger partial charge on any atom is 0.227 e. The van der Waals surface area contributed by atoms with Crippen LogP contribution in [-0.2, 0) is 4.79 Å². The molecule has 0 N–H and O–H groups in total. The van der Waals surface area contributed by atoms with E-state index in [0.29, 0.717) is 0 Å². The zero-order valence-electron chi connectivity index (χ0n) is 14.4. The van der Waals surface area contributed by atoms with Gasteiger partial charge in [0.1, 0.15) is 18.5 Å². The molecular formula is C18H24N6O. The lowest BCUT2D eigenvalue weighted by Crippen LogP contribution is -2.48. The van der Waals surface area contributed by atoms with Gasteiger partial charge < -0.3 is 9.80 Å². The van der Waals surface area contributed by atoms with Gasteiger partial charge in [0.15, 0.2) is 0 Å². The molecule has 0 spiro atoms. The van der Waals surface area contributed by atoms with Crippen molar-refractivity contribution in [3.05, 3.63) is 37.1 Å². The molecule has 4 rings (SSSR count). The predicted octanol–water partition coefficient (Wildman–Crippen LogP) is 1.75. The molecule has 1 amide bonds. The van der Waals surface area contributed by atoms with Crippen LogP contribution in [0.3, 0.4) is 0 Å². The summed E-state index contributed by atoms with van der Waals surface area (Å²) >= 11 is 0. The SMILES string of the molecule is O=C(C1CCCN(c2ccccn2)C1)N1CCCC(n2cncn2)C1. The van der Waals surface area contributed by atoms with Gasteiger partial charge in [0, 0.05) is 32.4 Å². The number of likely N-dealkylation sites (tertiary alicyclic amines) is 1. The number of amides is 1. The average Bonchev–Trinajstić information content (AvgIpc) is 3.23. The normalized spacial score (nSPS) is 24.3. The van der Waals surface area contributed by atoms with Gasteiger partial charge in [-0.05, 0) is 37.8 Å². The highest BCUT2D eigenvalue weighted by Gasteiger charge is 2.32. The zero-order valence-corrected chi connectivity index (χ0v) is 14.4. The van der Waals surface area contributed by atoms with E-state index in [1.807, 2.05) is 34.0 Å².